The zero-order valence-electron chi connectivity index (χ0n) is 8.15. The minimum absolute atomic E-state index is 0.136. The number of oxazole rings is 1. The van der Waals surface area contributed by atoms with Gasteiger partial charge in [0.1, 0.15) is 11.6 Å². The molecule has 0 amide bonds. The number of fused-ring (bicyclic) bond motifs is 1. The Hall–Kier alpha value is -1.55. The fourth-order valence-corrected chi connectivity index (χ4v) is 1.24. The van der Waals surface area contributed by atoms with Crippen molar-refractivity contribution >= 4 is 16.8 Å². The molecule has 1 atom stereocenters. The van der Waals surface area contributed by atoms with Gasteiger partial charge in [-0.2, -0.15) is 0 Å². The molecule has 0 fully saturated rings. The van der Waals surface area contributed by atoms with Crippen LogP contribution in [0.25, 0.3) is 11.1 Å². The van der Waals surface area contributed by atoms with Crippen LogP contribution in [0, 0.1) is 0 Å². The van der Waals surface area contributed by atoms with Gasteiger partial charge in [-0.1, -0.05) is 0 Å². The predicted molar refractivity (Wildman–Crippen MR) is 53.8 cm³/mol. The molecule has 0 aliphatic rings. The quantitative estimate of drug-likeness (QED) is 0.740. The molecule has 2 aromatic rings. The lowest BCUT2D eigenvalue weighted by Crippen LogP contribution is -1.94. The highest BCUT2D eigenvalue weighted by atomic mass is 16.5. The van der Waals surface area contributed by atoms with Crippen molar-refractivity contribution in [1.82, 2.24) is 4.98 Å². The third-order valence-corrected chi connectivity index (χ3v) is 2.13. The number of benzene rings is 1. The molecule has 0 radical (unpaired) electrons. The molecule has 0 spiro atoms. The van der Waals surface area contributed by atoms with E-state index in [4.69, 9.17) is 14.9 Å². The van der Waals surface area contributed by atoms with E-state index in [1.165, 1.54) is 0 Å². The molecular weight excluding hydrogens is 180 g/mol. The molecule has 1 unspecified atom stereocenters. The minimum atomic E-state index is -0.136. The molecule has 2 N–H and O–H groups in total. The number of anilines is 1. The maximum atomic E-state index is 5.63. The van der Waals surface area contributed by atoms with E-state index in [0.29, 0.717) is 11.6 Å². The molecule has 4 nitrogen and oxygen atoms in total. The number of nitrogens with zero attached hydrogens (tertiary/aromatic N) is 1. The fraction of sp³-hybridized carbons (Fsp3) is 0.300. The number of nitrogens with two attached hydrogens (primary N) is 1. The second-order valence-corrected chi connectivity index (χ2v) is 3.16. The summed E-state index contributed by atoms with van der Waals surface area (Å²) in [5.74, 6) is 0.577. The lowest BCUT2D eigenvalue weighted by Gasteiger charge is -2.01. The van der Waals surface area contributed by atoms with Gasteiger partial charge in [0.2, 0.25) is 5.89 Å². The Kier molecular flexibility index (Phi) is 2.13. The van der Waals surface area contributed by atoms with E-state index in [1.54, 1.807) is 19.2 Å². The predicted octanol–water partition coefficient (Wildman–Crippen LogP) is 2.12. The Morgan fingerprint density at radius 3 is 3.00 bits per heavy atom. The Bertz CT molecular complexity index is 450. The molecule has 1 aromatic carbocycles. The standard InChI is InChI=1S/C10H12N2O2/c1-6(13-2)10-12-8-5-7(11)3-4-9(8)14-10/h3-6H,11H2,1-2H3. The minimum Gasteiger partial charge on any atom is -0.438 e. The van der Waals surface area contributed by atoms with Gasteiger partial charge >= 0.3 is 0 Å². The summed E-state index contributed by atoms with van der Waals surface area (Å²) in [6.45, 7) is 1.88. The van der Waals surface area contributed by atoms with Gasteiger partial charge in [-0.3, -0.25) is 0 Å². The highest BCUT2D eigenvalue weighted by Gasteiger charge is 2.12. The van der Waals surface area contributed by atoms with E-state index in [9.17, 15) is 0 Å². The number of methoxy groups -OCH3 is 1. The summed E-state index contributed by atoms with van der Waals surface area (Å²) in [7, 11) is 1.62. The van der Waals surface area contributed by atoms with Crippen molar-refractivity contribution in [1.29, 1.82) is 0 Å². The molecular formula is C10H12N2O2. The van der Waals surface area contributed by atoms with Crippen molar-refractivity contribution in [2.24, 2.45) is 0 Å². The number of hydrogen-bond acceptors (Lipinski definition) is 4. The van der Waals surface area contributed by atoms with Crippen LogP contribution in [0.15, 0.2) is 22.6 Å². The van der Waals surface area contributed by atoms with Crippen LogP contribution in [0.5, 0.6) is 0 Å². The number of hydrogen-bond donors (Lipinski definition) is 1. The van der Waals surface area contributed by atoms with Gasteiger partial charge in [-0.05, 0) is 25.1 Å². The zero-order valence-corrected chi connectivity index (χ0v) is 8.15. The molecule has 2 rings (SSSR count). The third-order valence-electron chi connectivity index (χ3n) is 2.13. The topological polar surface area (TPSA) is 61.3 Å². The van der Waals surface area contributed by atoms with Gasteiger partial charge < -0.3 is 14.9 Å². The normalized spacial score (nSPS) is 13.3. The molecule has 0 saturated heterocycles. The van der Waals surface area contributed by atoms with Crippen LogP contribution in [0.1, 0.15) is 18.9 Å². The van der Waals surface area contributed by atoms with Gasteiger partial charge in [0, 0.05) is 12.8 Å². The van der Waals surface area contributed by atoms with E-state index < -0.39 is 0 Å². The SMILES string of the molecule is COC(C)c1nc2cc(N)ccc2o1. The van der Waals surface area contributed by atoms with Crippen LogP contribution in [0.3, 0.4) is 0 Å². The Balaban J connectivity index is 2.51. The van der Waals surface area contributed by atoms with Crippen LogP contribution < -0.4 is 5.73 Å². The van der Waals surface area contributed by atoms with Crippen molar-refractivity contribution < 1.29 is 9.15 Å². The Morgan fingerprint density at radius 1 is 1.50 bits per heavy atom. The van der Waals surface area contributed by atoms with Gasteiger partial charge in [0.25, 0.3) is 0 Å². The average Bonchev–Trinajstić information content (AvgIpc) is 2.59. The molecule has 0 aliphatic carbocycles. The zero-order chi connectivity index (χ0) is 10.1. The molecule has 74 valence electrons. The van der Waals surface area contributed by atoms with Gasteiger partial charge in [-0.15, -0.1) is 0 Å². The summed E-state index contributed by atoms with van der Waals surface area (Å²) < 4.78 is 10.6. The number of aromatic nitrogens is 1. The Labute approximate surface area is 81.7 Å². The lowest BCUT2D eigenvalue weighted by atomic mass is 10.3. The molecule has 0 saturated carbocycles. The third kappa shape index (κ3) is 1.44. The first-order valence-electron chi connectivity index (χ1n) is 4.39. The van der Waals surface area contributed by atoms with Crippen LogP contribution in [-0.4, -0.2) is 12.1 Å². The summed E-state index contributed by atoms with van der Waals surface area (Å²) in [6, 6.07) is 5.38. The van der Waals surface area contributed by atoms with Gasteiger partial charge in [0.05, 0.1) is 0 Å². The first-order chi connectivity index (χ1) is 6.70. The second kappa shape index (κ2) is 3.31. The molecule has 4 heteroatoms. The van der Waals surface area contributed by atoms with Gasteiger partial charge in [0.15, 0.2) is 5.58 Å². The van der Waals surface area contributed by atoms with Crippen LogP contribution in [0.4, 0.5) is 5.69 Å². The lowest BCUT2D eigenvalue weighted by molar-refractivity contribution is 0.0964. The second-order valence-electron chi connectivity index (χ2n) is 3.16. The Morgan fingerprint density at radius 2 is 2.29 bits per heavy atom. The molecule has 1 aromatic heterocycles. The number of ether oxygens (including phenoxy) is 1. The summed E-state index contributed by atoms with van der Waals surface area (Å²) in [5.41, 5.74) is 7.81. The van der Waals surface area contributed by atoms with E-state index in [2.05, 4.69) is 4.98 Å². The fourth-order valence-electron chi connectivity index (χ4n) is 1.24. The van der Waals surface area contributed by atoms with Crippen molar-refractivity contribution in [3.63, 3.8) is 0 Å². The summed E-state index contributed by atoms with van der Waals surface area (Å²) in [4.78, 5) is 4.27. The molecule has 14 heavy (non-hydrogen) atoms. The summed E-state index contributed by atoms with van der Waals surface area (Å²) in [6.07, 6.45) is -0.136. The maximum absolute atomic E-state index is 5.63. The van der Waals surface area contributed by atoms with E-state index in [0.717, 1.165) is 11.1 Å². The number of nitrogen functional groups attached to an aromatic ring is 1. The maximum Gasteiger partial charge on any atom is 0.224 e. The van der Waals surface area contributed by atoms with E-state index in [-0.39, 0.29) is 6.10 Å². The van der Waals surface area contributed by atoms with Crippen molar-refractivity contribution in [3.05, 3.63) is 24.1 Å². The van der Waals surface area contributed by atoms with Crippen molar-refractivity contribution in [2.75, 3.05) is 12.8 Å². The van der Waals surface area contributed by atoms with Crippen molar-refractivity contribution in [3.8, 4) is 0 Å². The largest absolute Gasteiger partial charge is 0.438 e. The molecule has 0 bridgehead atoms. The summed E-state index contributed by atoms with van der Waals surface area (Å²) in [5, 5.41) is 0. The van der Waals surface area contributed by atoms with E-state index in [1.807, 2.05) is 13.0 Å². The molecule has 1 heterocycles. The average molecular weight is 192 g/mol. The van der Waals surface area contributed by atoms with Crippen LogP contribution in [-0.2, 0) is 4.74 Å². The first-order valence-corrected chi connectivity index (χ1v) is 4.39. The first kappa shape index (κ1) is 9.02. The summed E-state index contributed by atoms with van der Waals surface area (Å²) >= 11 is 0. The van der Waals surface area contributed by atoms with Crippen molar-refractivity contribution in [2.45, 2.75) is 13.0 Å². The number of rotatable bonds is 2. The van der Waals surface area contributed by atoms with Crippen LogP contribution >= 0.6 is 0 Å². The molecule has 0 aliphatic heterocycles. The van der Waals surface area contributed by atoms with Crippen LogP contribution in [0.2, 0.25) is 0 Å². The monoisotopic (exact) mass is 192 g/mol. The highest BCUT2D eigenvalue weighted by Crippen LogP contribution is 2.22. The van der Waals surface area contributed by atoms with Gasteiger partial charge in [-0.25, -0.2) is 4.98 Å². The smallest absolute Gasteiger partial charge is 0.224 e. The van der Waals surface area contributed by atoms with E-state index >= 15 is 0 Å². The highest BCUT2D eigenvalue weighted by molar-refractivity contribution is 5.76.